The van der Waals surface area contributed by atoms with Gasteiger partial charge in [-0.1, -0.05) is 50.6 Å². The first-order chi connectivity index (χ1) is 13.6. The zero-order chi connectivity index (χ0) is 19.9. The molecule has 148 valence electrons. The van der Waals surface area contributed by atoms with Crippen LogP contribution in [-0.4, -0.2) is 23.0 Å². The largest absolute Gasteiger partial charge is 0.489 e. The lowest BCUT2D eigenvalue weighted by atomic mass is 10.1. The number of H-pyrrole nitrogens is 1. The summed E-state index contributed by atoms with van der Waals surface area (Å²) in [5.41, 5.74) is 3.87. The van der Waals surface area contributed by atoms with E-state index in [-0.39, 0.29) is 5.43 Å². The van der Waals surface area contributed by atoms with Gasteiger partial charge in [-0.2, -0.15) is 0 Å². The summed E-state index contributed by atoms with van der Waals surface area (Å²) in [6.45, 7) is 9.46. The third-order valence-electron chi connectivity index (χ3n) is 5.19. The number of unbranched alkanes of at least 4 members (excludes halogenated alkanes) is 1. The van der Waals surface area contributed by atoms with E-state index in [2.05, 4.69) is 23.7 Å². The molecule has 28 heavy (non-hydrogen) atoms. The summed E-state index contributed by atoms with van der Waals surface area (Å²) < 4.78 is 5.92. The van der Waals surface area contributed by atoms with Gasteiger partial charge in [0.15, 0.2) is 5.43 Å². The molecule has 3 aromatic rings. The van der Waals surface area contributed by atoms with Crippen LogP contribution in [0.15, 0.2) is 53.3 Å². The maximum atomic E-state index is 13.2. The molecule has 0 aliphatic rings. The first kappa shape index (κ1) is 20.2. The maximum absolute atomic E-state index is 13.2. The van der Waals surface area contributed by atoms with Crippen LogP contribution >= 0.6 is 0 Å². The monoisotopic (exact) mass is 378 g/mol. The highest BCUT2D eigenvalue weighted by molar-refractivity contribution is 5.81. The van der Waals surface area contributed by atoms with Crippen LogP contribution in [0.5, 0.6) is 5.75 Å². The van der Waals surface area contributed by atoms with E-state index in [9.17, 15) is 4.79 Å². The Morgan fingerprint density at radius 1 is 1.07 bits per heavy atom. The van der Waals surface area contributed by atoms with Crippen molar-refractivity contribution in [3.8, 4) is 5.75 Å². The second kappa shape index (κ2) is 9.56. The fourth-order valence-corrected chi connectivity index (χ4v) is 3.41. The lowest BCUT2D eigenvalue weighted by Gasteiger charge is -2.21. The van der Waals surface area contributed by atoms with Crippen molar-refractivity contribution in [1.82, 2.24) is 9.88 Å². The number of rotatable bonds is 9. The smallest absolute Gasteiger partial charge is 0.194 e. The van der Waals surface area contributed by atoms with E-state index in [1.54, 1.807) is 0 Å². The summed E-state index contributed by atoms with van der Waals surface area (Å²) in [6, 6.07) is 15.8. The number of aromatic amines is 1. The summed E-state index contributed by atoms with van der Waals surface area (Å²) in [5, 5.41) is 0.692. The van der Waals surface area contributed by atoms with Crippen LogP contribution in [0.3, 0.4) is 0 Å². The maximum Gasteiger partial charge on any atom is 0.194 e. The molecule has 0 amide bonds. The van der Waals surface area contributed by atoms with Crippen molar-refractivity contribution in [3.63, 3.8) is 0 Å². The minimum atomic E-state index is 0.103. The van der Waals surface area contributed by atoms with Crippen molar-refractivity contribution in [2.75, 3.05) is 13.1 Å². The number of pyridine rings is 1. The number of benzene rings is 2. The minimum Gasteiger partial charge on any atom is -0.489 e. The van der Waals surface area contributed by atoms with Gasteiger partial charge in [-0.25, -0.2) is 0 Å². The molecule has 0 fully saturated rings. The van der Waals surface area contributed by atoms with Crippen LogP contribution in [0.25, 0.3) is 10.9 Å². The Bertz CT molecular complexity index is 963. The molecule has 1 heterocycles. The Morgan fingerprint density at radius 2 is 1.86 bits per heavy atom. The van der Waals surface area contributed by atoms with E-state index in [1.807, 2.05) is 55.5 Å². The van der Waals surface area contributed by atoms with Gasteiger partial charge < -0.3 is 9.72 Å². The average Bonchev–Trinajstić information content (AvgIpc) is 2.72. The number of hydrogen-bond acceptors (Lipinski definition) is 3. The number of fused-ring (bicyclic) bond motifs is 1. The number of nitrogens with zero attached hydrogens (tertiary/aromatic N) is 1. The molecule has 0 unspecified atom stereocenters. The Balaban J connectivity index is 1.86. The minimum absolute atomic E-state index is 0.103. The Kier molecular flexibility index (Phi) is 6.88. The molecular formula is C24H30N2O2. The quantitative estimate of drug-likeness (QED) is 0.567. The fourth-order valence-electron chi connectivity index (χ4n) is 3.41. The van der Waals surface area contributed by atoms with E-state index in [0.717, 1.165) is 54.0 Å². The third kappa shape index (κ3) is 4.82. The lowest BCUT2D eigenvalue weighted by molar-refractivity contribution is 0.274. The van der Waals surface area contributed by atoms with E-state index in [1.165, 1.54) is 0 Å². The molecule has 0 atom stereocenters. The van der Waals surface area contributed by atoms with E-state index < -0.39 is 0 Å². The lowest BCUT2D eigenvalue weighted by Crippen LogP contribution is -2.28. The zero-order valence-corrected chi connectivity index (χ0v) is 17.1. The highest BCUT2D eigenvalue weighted by atomic mass is 16.5. The van der Waals surface area contributed by atoms with Crippen LogP contribution in [-0.2, 0) is 13.2 Å². The summed E-state index contributed by atoms with van der Waals surface area (Å²) in [7, 11) is 0. The van der Waals surface area contributed by atoms with Crippen molar-refractivity contribution < 1.29 is 4.74 Å². The second-order valence-corrected chi connectivity index (χ2v) is 7.26. The summed E-state index contributed by atoms with van der Waals surface area (Å²) in [5.74, 6) is 0.718. The Hall–Kier alpha value is -2.59. The van der Waals surface area contributed by atoms with Crippen LogP contribution in [0.1, 0.15) is 43.5 Å². The molecule has 0 spiro atoms. The topological polar surface area (TPSA) is 45.3 Å². The summed E-state index contributed by atoms with van der Waals surface area (Å²) >= 11 is 0. The fraction of sp³-hybridized carbons (Fsp3) is 0.375. The average molecular weight is 379 g/mol. The van der Waals surface area contributed by atoms with Crippen LogP contribution in [0, 0.1) is 6.92 Å². The molecule has 0 aliphatic carbocycles. The van der Waals surface area contributed by atoms with Crippen molar-refractivity contribution >= 4 is 10.9 Å². The summed E-state index contributed by atoms with van der Waals surface area (Å²) in [4.78, 5) is 18.9. The van der Waals surface area contributed by atoms with Gasteiger partial charge in [-0.3, -0.25) is 9.69 Å². The number of nitrogens with one attached hydrogen (secondary N) is 1. The molecule has 4 heteroatoms. The third-order valence-corrected chi connectivity index (χ3v) is 5.19. The highest BCUT2D eigenvalue weighted by Crippen LogP contribution is 2.20. The SMILES string of the molecule is CCCCN(CC)Cc1c(C)[nH]c2ccc(OCc3ccccc3)cc2c1=O. The van der Waals surface area contributed by atoms with Crippen molar-refractivity contribution in [2.45, 2.75) is 46.8 Å². The van der Waals surface area contributed by atoms with Gasteiger partial charge in [0.05, 0.1) is 0 Å². The van der Waals surface area contributed by atoms with Gasteiger partial charge in [0, 0.05) is 28.7 Å². The molecule has 2 aromatic carbocycles. The molecule has 0 saturated carbocycles. The summed E-state index contributed by atoms with van der Waals surface area (Å²) in [6.07, 6.45) is 2.31. The number of hydrogen-bond donors (Lipinski definition) is 1. The molecule has 0 radical (unpaired) electrons. The number of ether oxygens (including phenoxy) is 1. The molecule has 0 saturated heterocycles. The van der Waals surface area contributed by atoms with Gasteiger partial charge in [0.1, 0.15) is 12.4 Å². The standard InChI is InChI=1S/C24H30N2O2/c1-4-6-14-26(5-2)16-22-18(3)25-23-13-12-20(15-21(23)24(22)27)28-17-19-10-8-7-9-11-19/h7-13,15H,4-6,14,16-17H2,1-3H3,(H,25,27). The van der Waals surface area contributed by atoms with Gasteiger partial charge in [0.2, 0.25) is 0 Å². The van der Waals surface area contributed by atoms with Crippen molar-refractivity contribution in [1.29, 1.82) is 0 Å². The first-order valence-corrected chi connectivity index (χ1v) is 10.2. The normalized spacial score (nSPS) is 11.3. The van der Waals surface area contributed by atoms with Crippen LogP contribution < -0.4 is 10.2 Å². The molecule has 1 N–H and O–H groups in total. The van der Waals surface area contributed by atoms with Gasteiger partial charge in [0.25, 0.3) is 0 Å². The van der Waals surface area contributed by atoms with Gasteiger partial charge >= 0.3 is 0 Å². The molecule has 4 nitrogen and oxygen atoms in total. The predicted octanol–water partition coefficient (Wildman–Crippen LogP) is 5.04. The highest BCUT2D eigenvalue weighted by Gasteiger charge is 2.13. The molecule has 3 rings (SSSR count). The van der Waals surface area contributed by atoms with E-state index in [0.29, 0.717) is 18.5 Å². The van der Waals surface area contributed by atoms with E-state index in [4.69, 9.17) is 4.74 Å². The van der Waals surface area contributed by atoms with E-state index >= 15 is 0 Å². The van der Waals surface area contributed by atoms with Gasteiger partial charge in [-0.15, -0.1) is 0 Å². The van der Waals surface area contributed by atoms with Crippen molar-refractivity contribution in [2.24, 2.45) is 0 Å². The molecule has 1 aromatic heterocycles. The van der Waals surface area contributed by atoms with Crippen LogP contribution in [0.2, 0.25) is 0 Å². The predicted molar refractivity (Wildman–Crippen MR) is 116 cm³/mol. The molecule has 0 bridgehead atoms. The van der Waals surface area contributed by atoms with Gasteiger partial charge in [-0.05, 0) is 50.2 Å². The Morgan fingerprint density at radius 3 is 2.57 bits per heavy atom. The number of aryl methyl sites for hydroxylation is 1. The van der Waals surface area contributed by atoms with Crippen molar-refractivity contribution in [3.05, 3.63) is 75.6 Å². The second-order valence-electron chi connectivity index (χ2n) is 7.26. The first-order valence-electron chi connectivity index (χ1n) is 10.2. The Labute approximate surface area is 167 Å². The zero-order valence-electron chi connectivity index (χ0n) is 17.1. The van der Waals surface area contributed by atoms with Crippen LogP contribution in [0.4, 0.5) is 0 Å². The number of aromatic nitrogens is 1. The molecular weight excluding hydrogens is 348 g/mol. The molecule has 0 aliphatic heterocycles.